The van der Waals surface area contributed by atoms with Crippen LogP contribution in [0.15, 0.2) is 28.2 Å². The molecule has 0 saturated carbocycles. The van der Waals surface area contributed by atoms with E-state index >= 15 is 0 Å². The number of ether oxygens (including phenoxy) is 1. The highest BCUT2D eigenvalue weighted by Crippen LogP contribution is 2.31. The lowest BCUT2D eigenvalue weighted by molar-refractivity contribution is -0.127. The molecule has 0 unspecified atom stereocenters. The number of likely N-dealkylation sites (tertiary alicyclic amines) is 1. The van der Waals surface area contributed by atoms with E-state index < -0.39 is 0 Å². The second kappa shape index (κ2) is 6.29. The van der Waals surface area contributed by atoms with E-state index in [9.17, 15) is 4.79 Å². The Hall–Kier alpha value is -1.33. The SMILES string of the molecule is O=C(C1=Cc2cc(Br)ccc2OC1)N1CC[C@@H]2CNC[C@@H]2CC1. The van der Waals surface area contributed by atoms with Crippen molar-refractivity contribution in [2.24, 2.45) is 11.8 Å². The predicted molar refractivity (Wildman–Crippen MR) is 93.3 cm³/mol. The van der Waals surface area contributed by atoms with E-state index in [0.29, 0.717) is 6.61 Å². The average molecular weight is 377 g/mol. The Labute approximate surface area is 145 Å². The van der Waals surface area contributed by atoms with Crippen molar-refractivity contribution in [2.45, 2.75) is 12.8 Å². The first kappa shape index (κ1) is 15.2. The summed E-state index contributed by atoms with van der Waals surface area (Å²) in [4.78, 5) is 14.9. The lowest BCUT2D eigenvalue weighted by atomic mass is 9.92. The smallest absolute Gasteiger partial charge is 0.253 e. The number of nitrogens with zero attached hydrogens (tertiary/aromatic N) is 1. The van der Waals surface area contributed by atoms with Crippen LogP contribution in [-0.4, -0.2) is 43.6 Å². The third-order valence-corrected chi connectivity index (χ3v) is 5.76. The number of carbonyl (C=O) groups is 1. The quantitative estimate of drug-likeness (QED) is 0.818. The molecule has 0 aromatic heterocycles. The van der Waals surface area contributed by atoms with Gasteiger partial charge in [-0.2, -0.15) is 0 Å². The minimum atomic E-state index is 0.142. The first-order chi connectivity index (χ1) is 11.2. The molecular formula is C18H21BrN2O2. The molecule has 2 atom stereocenters. The number of carbonyl (C=O) groups excluding carboxylic acids is 1. The fourth-order valence-electron chi connectivity index (χ4n) is 3.90. The highest BCUT2D eigenvalue weighted by Gasteiger charge is 2.32. The van der Waals surface area contributed by atoms with Gasteiger partial charge < -0.3 is 15.0 Å². The van der Waals surface area contributed by atoms with Gasteiger partial charge in [-0.25, -0.2) is 0 Å². The first-order valence-corrected chi connectivity index (χ1v) is 9.13. The molecule has 2 saturated heterocycles. The molecule has 1 aromatic carbocycles. The first-order valence-electron chi connectivity index (χ1n) is 8.33. The van der Waals surface area contributed by atoms with Gasteiger partial charge in [0.1, 0.15) is 12.4 Å². The number of hydrogen-bond donors (Lipinski definition) is 1. The van der Waals surface area contributed by atoms with E-state index in [2.05, 4.69) is 21.2 Å². The van der Waals surface area contributed by atoms with Gasteiger partial charge >= 0.3 is 0 Å². The van der Waals surface area contributed by atoms with E-state index in [-0.39, 0.29) is 5.91 Å². The number of rotatable bonds is 1. The standard InChI is InChI=1S/C18H21BrN2O2/c19-16-1-2-17-14(8-16)7-15(11-23-17)18(22)21-5-3-12-9-20-10-13(12)4-6-21/h1-2,7-8,12-13,20H,3-6,9-11H2/t12-,13+. The molecule has 3 aliphatic rings. The van der Waals surface area contributed by atoms with E-state index in [1.54, 1.807) is 0 Å². The molecular weight excluding hydrogens is 356 g/mol. The number of halogens is 1. The fourth-order valence-corrected chi connectivity index (χ4v) is 4.27. The van der Waals surface area contributed by atoms with Gasteiger partial charge in [0.05, 0.1) is 5.57 Å². The van der Waals surface area contributed by atoms with Crippen molar-refractivity contribution in [1.82, 2.24) is 10.2 Å². The molecule has 3 aliphatic heterocycles. The number of benzene rings is 1. The third kappa shape index (κ3) is 3.04. The molecule has 1 amide bonds. The van der Waals surface area contributed by atoms with Crippen LogP contribution in [-0.2, 0) is 4.79 Å². The summed E-state index contributed by atoms with van der Waals surface area (Å²) >= 11 is 3.48. The zero-order valence-electron chi connectivity index (χ0n) is 13.1. The van der Waals surface area contributed by atoms with Crippen LogP contribution in [0.1, 0.15) is 18.4 Å². The molecule has 0 spiro atoms. The van der Waals surface area contributed by atoms with Gasteiger partial charge in [-0.1, -0.05) is 15.9 Å². The van der Waals surface area contributed by atoms with Gasteiger partial charge in [-0.3, -0.25) is 4.79 Å². The lowest BCUT2D eigenvalue weighted by Crippen LogP contribution is -2.35. The highest BCUT2D eigenvalue weighted by molar-refractivity contribution is 9.10. The van der Waals surface area contributed by atoms with Crippen molar-refractivity contribution < 1.29 is 9.53 Å². The zero-order valence-corrected chi connectivity index (χ0v) is 14.6. The summed E-state index contributed by atoms with van der Waals surface area (Å²) in [6, 6.07) is 5.90. The van der Waals surface area contributed by atoms with E-state index in [1.165, 1.54) is 0 Å². The zero-order chi connectivity index (χ0) is 15.8. The van der Waals surface area contributed by atoms with Crippen molar-refractivity contribution >= 4 is 27.9 Å². The second-order valence-corrected chi connectivity index (χ2v) is 7.60. The summed E-state index contributed by atoms with van der Waals surface area (Å²) in [6.45, 7) is 4.33. The van der Waals surface area contributed by atoms with Gasteiger partial charge in [0.2, 0.25) is 0 Å². The maximum absolute atomic E-state index is 12.9. The van der Waals surface area contributed by atoms with Crippen LogP contribution in [0.5, 0.6) is 5.75 Å². The Morgan fingerprint density at radius 3 is 2.70 bits per heavy atom. The average Bonchev–Trinajstić information content (AvgIpc) is 2.92. The molecule has 0 aliphatic carbocycles. The van der Waals surface area contributed by atoms with Gasteiger partial charge in [-0.15, -0.1) is 0 Å². The van der Waals surface area contributed by atoms with Gasteiger partial charge in [0.15, 0.2) is 0 Å². The normalized spacial score (nSPS) is 26.7. The summed E-state index contributed by atoms with van der Waals surface area (Å²) in [5, 5.41) is 3.48. The topological polar surface area (TPSA) is 41.6 Å². The molecule has 23 heavy (non-hydrogen) atoms. The fraction of sp³-hybridized carbons (Fsp3) is 0.500. The second-order valence-electron chi connectivity index (χ2n) is 6.69. The molecule has 3 heterocycles. The van der Waals surface area contributed by atoms with Crippen LogP contribution in [0.25, 0.3) is 6.08 Å². The van der Waals surface area contributed by atoms with E-state index in [1.807, 2.05) is 29.2 Å². The molecule has 2 fully saturated rings. The molecule has 1 N–H and O–H groups in total. The highest BCUT2D eigenvalue weighted by atomic mass is 79.9. The number of nitrogens with one attached hydrogen (secondary N) is 1. The Kier molecular flexibility index (Phi) is 4.16. The van der Waals surface area contributed by atoms with E-state index in [4.69, 9.17) is 4.74 Å². The van der Waals surface area contributed by atoms with Gasteiger partial charge in [0, 0.05) is 23.1 Å². The molecule has 1 aromatic rings. The monoisotopic (exact) mass is 376 g/mol. The third-order valence-electron chi connectivity index (χ3n) is 5.27. The van der Waals surface area contributed by atoms with Crippen molar-refractivity contribution in [1.29, 1.82) is 0 Å². The molecule has 4 rings (SSSR count). The van der Waals surface area contributed by atoms with Crippen LogP contribution in [0.2, 0.25) is 0 Å². The van der Waals surface area contributed by atoms with Crippen LogP contribution in [0, 0.1) is 11.8 Å². The van der Waals surface area contributed by atoms with Crippen molar-refractivity contribution in [2.75, 3.05) is 32.8 Å². The van der Waals surface area contributed by atoms with Crippen LogP contribution >= 0.6 is 15.9 Å². The number of amides is 1. The molecule has 0 radical (unpaired) electrons. The molecule has 5 heteroatoms. The lowest BCUT2D eigenvalue weighted by Gasteiger charge is -2.25. The van der Waals surface area contributed by atoms with Crippen molar-refractivity contribution in [3.05, 3.63) is 33.8 Å². The Morgan fingerprint density at radius 2 is 1.96 bits per heavy atom. The number of fused-ring (bicyclic) bond motifs is 2. The summed E-state index contributed by atoms with van der Waals surface area (Å²) in [5.74, 6) is 2.46. The van der Waals surface area contributed by atoms with Gasteiger partial charge in [-0.05, 0) is 62.0 Å². The molecule has 0 bridgehead atoms. The Bertz CT molecular complexity index is 644. The maximum atomic E-state index is 12.9. The van der Waals surface area contributed by atoms with Gasteiger partial charge in [0.25, 0.3) is 5.91 Å². The summed E-state index contributed by atoms with van der Waals surface area (Å²) < 4.78 is 6.76. The maximum Gasteiger partial charge on any atom is 0.253 e. The minimum Gasteiger partial charge on any atom is -0.488 e. The largest absolute Gasteiger partial charge is 0.488 e. The summed E-state index contributed by atoms with van der Waals surface area (Å²) in [6.07, 6.45) is 4.21. The van der Waals surface area contributed by atoms with Crippen molar-refractivity contribution in [3.8, 4) is 5.75 Å². The van der Waals surface area contributed by atoms with E-state index in [0.717, 1.165) is 72.2 Å². The Morgan fingerprint density at radius 1 is 1.22 bits per heavy atom. The predicted octanol–water partition coefficient (Wildman–Crippen LogP) is 2.68. The van der Waals surface area contributed by atoms with Crippen LogP contribution < -0.4 is 10.1 Å². The molecule has 122 valence electrons. The van der Waals surface area contributed by atoms with Crippen molar-refractivity contribution in [3.63, 3.8) is 0 Å². The summed E-state index contributed by atoms with van der Waals surface area (Å²) in [7, 11) is 0. The Balaban J connectivity index is 1.51. The van der Waals surface area contributed by atoms with Crippen LogP contribution in [0.3, 0.4) is 0 Å². The number of hydrogen-bond acceptors (Lipinski definition) is 3. The summed E-state index contributed by atoms with van der Waals surface area (Å²) in [5.41, 5.74) is 1.74. The molecule has 4 nitrogen and oxygen atoms in total. The minimum absolute atomic E-state index is 0.142. The van der Waals surface area contributed by atoms with Crippen LogP contribution in [0.4, 0.5) is 0 Å².